The van der Waals surface area contributed by atoms with Gasteiger partial charge < -0.3 is 8.98 Å². The van der Waals surface area contributed by atoms with Crippen LogP contribution in [0.1, 0.15) is 43.0 Å². The van der Waals surface area contributed by atoms with Gasteiger partial charge in [0, 0.05) is 32.5 Å². The van der Waals surface area contributed by atoms with E-state index in [2.05, 4.69) is 153 Å². The zero-order valence-corrected chi connectivity index (χ0v) is 26.8. The summed E-state index contributed by atoms with van der Waals surface area (Å²) in [5, 5.41) is 4.83. The summed E-state index contributed by atoms with van der Waals surface area (Å²) in [6.07, 6.45) is 2.21. The number of allylic oxidation sites excluding steroid dienone is 2. The lowest BCUT2D eigenvalue weighted by molar-refractivity contribution is 0.660. The Bertz CT molecular complexity index is 2580. The number of rotatable bonds is 5. The number of hydrogen-bond donors (Lipinski definition) is 0. The lowest BCUT2D eigenvalue weighted by Gasteiger charge is -2.21. The minimum atomic E-state index is -0.0519. The van der Waals surface area contributed by atoms with E-state index in [1.807, 2.05) is 12.1 Å². The van der Waals surface area contributed by atoms with E-state index in [9.17, 15) is 0 Å². The highest BCUT2D eigenvalue weighted by molar-refractivity contribution is 6.18. The van der Waals surface area contributed by atoms with E-state index in [1.54, 1.807) is 0 Å². The van der Waals surface area contributed by atoms with Crippen LogP contribution in [0.2, 0.25) is 0 Å². The molecule has 3 heteroatoms. The first-order chi connectivity index (χ1) is 23.0. The van der Waals surface area contributed by atoms with Crippen LogP contribution in [0.4, 0.5) is 0 Å². The van der Waals surface area contributed by atoms with Gasteiger partial charge in [0.25, 0.3) is 0 Å². The lowest BCUT2D eigenvalue weighted by atomic mass is 9.82. The third-order valence-corrected chi connectivity index (χ3v) is 10.1. The smallest absolute Gasteiger partial charge is 0.136 e. The molecular formula is C44H34N2O. The molecule has 0 bridgehead atoms. The number of fused-ring (bicyclic) bond motifs is 10. The predicted octanol–water partition coefficient (Wildman–Crippen LogP) is 11.6. The maximum absolute atomic E-state index is 6.31. The molecule has 0 unspecified atom stereocenters. The van der Waals surface area contributed by atoms with Gasteiger partial charge in [-0.05, 0) is 76.7 Å². The minimum absolute atomic E-state index is 0.0519. The number of hydrogen-bond acceptors (Lipinski definition) is 2. The first-order valence-corrected chi connectivity index (χ1v) is 16.3. The van der Waals surface area contributed by atoms with Crippen molar-refractivity contribution in [2.24, 2.45) is 4.99 Å². The molecule has 2 heterocycles. The molecule has 0 amide bonds. The summed E-state index contributed by atoms with van der Waals surface area (Å²) in [4.78, 5) is 5.39. The van der Waals surface area contributed by atoms with E-state index >= 15 is 0 Å². The third kappa shape index (κ3) is 4.23. The molecule has 0 fully saturated rings. The van der Waals surface area contributed by atoms with Gasteiger partial charge in [-0.1, -0.05) is 117 Å². The quantitative estimate of drug-likeness (QED) is 0.179. The van der Waals surface area contributed by atoms with Gasteiger partial charge in [-0.15, -0.1) is 0 Å². The first-order valence-electron chi connectivity index (χ1n) is 16.3. The van der Waals surface area contributed by atoms with E-state index in [-0.39, 0.29) is 5.41 Å². The molecule has 0 radical (unpaired) electrons. The fourth-order valence-electron chi connectivity index (χ4n) is 7.73. The standard InChI is InChI=1S/C44H34N2O/c1-28(29-13-5-4-6-14-29)25-37(30-21-22-32-31-15-9-12-20-40(31)47-41(32)26-30)45-27-46-38-19-11-8-17-34(38)43-39(46)24-23-36-42(43)33-16-7-10-18-35(33)44(36,2)3/h4-26H,27H2,1-3H3/b28-25+,45-37?. The van der Waals surface area contributed by atoms with Crippen LogP contribution in [0.15, 0.2) is 149 Å². The van der Waals surface area contributed by atoms with Gasteiger partial charge in [0.1, 0.15) is 17.8 Å². The Labute approximate surface area is 274 Å². The average molecular weight is 607 g/mol. The van der Waals surface area contributed by atoms with Gasteiger partial charge in [-0.3, -0.25) is 4.99 Å². The van der Waals surface area contributed by atoms with E-state index in [0.717, 1.165) is 38.8 Å². The molecule has 2 aromatic heterocycles. The largest absolute Gasteiger partial charge is 0.456 e. The number of furan rings is 1. The monoisotopic (exact) mass is 606 g/mol. The second-order valence-electron chi connectivity index (χ2n) is 13.2. The molecular weight excluding hydrogens is 572 g/mol. The molecule has 1 aliphatic rings. The van der Waals surface area contributed by atoms with E-state index in [4.69, 9.17) is 9.41 Å². The molecule has 0 N–H and O–H groups in total. The maximum atomic E-state index is 6.31. The molecule has 47 heavy (non-hydrogen) atoms. The Morgan fingerprint density at radius 3 is 2.26 bits per heavy atom. The summed E-state index contributed by atoms with van der Waals surface area (Å²) < 4.78 is 8.69. The van der Waals surface area contributed by atoms with Crippen molar-refractivity contribution in [2.45, 2.75) is 32.9 Å². The summed E-state index contributed by atoms with van der Waals surface area (Å²) in [6, 6.07) is 47.6. The summed E-state index contributed by atoms with van der Waals surface area (Å²) in [5.74, 6) is 0. The highest BCUT2D eigenvalue weighted by Crippen LogP contribution is 2.52. The first kappa shape index (κ1) is 27.6. The van der Waals surface area contributed by atoms with E-state index in [1.165, 1.54) is 49.6 Å². The molecule has 1 aliphatic carbocycles. The van der Waals surface area contributed by atoms with Crippen LogP contribution < -0.4 is 0 Å². The highest BCUT2D eigenvalue weighted by Gasteiger charge is 2.37. The SMILES string of the molecule is C/C(=C\C(=NCn1c2ccccc2c2c3c(ccc21)C(C)(C)c1ccccc1-3)c1ccc2c(c1)oc1ccccc12)c1ccccc1. The second kappa shape index (κ2) is 10.4. The van der Waals surface area contributed by atoms with E-state index in [0.29, 0.717) is 6.67 Å². The Balaban J connectivity index is 1.24. The van der Waals surface area contributed by atoms with Gasteiger partial charge >= 0.3 is 0 Å². The molecule has 0 aliphatic heterocycles. The van der Waals surface area contributed by atoms with Crippen molar-refractivity contribution >= 4 is 55.0 Å². The van der Waals surface area contributed by atoms with Crippen LogP contribution in [0, 0.1) is 0 Å². The van der Waals surface area contributed by atoms with Crippen molar-refractivity contribution in [3.8, 4) is 11.1 Å². The van der Waals surface area contributed by atoms with Crippen LogP contribution in [0.25, 0.3) is 60.4 Å². The molecule has 6 aromatic carbocycles. The molecule has 3 nitrogen and oxygen atoms in total. The van der Waals surface area contributed by atoms with Crippen molar-refractivity contribution in [3.05, 3.63) is 162 Å². The van der Waals surface area contributed by atoms with Crippen molar-refractivity contribution < 1.29 is 4.42 Å². The molecule has 0 spiro atoms. The van der Waals surface area contributed by atoms with Crippen molar-refractivity contribution in [1.82, 2.24) is 4.57 Å². The number of benzene rings is 6. The second-order valence-corrected chi connectivity index (χ2v) is 13.2. The van der Waals surface area contributed by atoms with Crippen molar-refractivity contribution in [3.63, 3.8) is 0 Å². The fraction of sp³-hybridized carbons (Fsp3) is 0.114. The average Bonchev–Trinajstić information content (AvgIpc) is 3.72. The molecule has 9 rings (SSSR count). The zero-order chi connectivity index (χ0) is 31.7. The summed E-state index contributed by atoms with van der Waals surface area (Å²) in [7, 11) is 0. The summed E-state index contributed by atoms with van der Waals surface area (Å²) >= 11 is 0. The topological polar surface area (TPSA) is 30.4 Å². The van der Waals surface area contributed by atoms with Gasteiger partial charge in [0.15, 0.2) is 0 Å². The number of aliphatic imine (C=N–C) groups is 1. The Morgan fingerprint density at radius 1 is 0.660 bits per heavy atom. The molecule has 0 atom stereocenters. The molecule has 0 saturated carbocycles. The Kier molecular flexibility index (Phi) is 6.13. The normalized spacial score (nSPS) is 14.4. The van der Waals surface area contributed by atoms with Gasteiger partial charge in [0.2, 0.25) is 0 Å². The Morgan fingerprint density at radius 2 is 1.38 bits per heavy atom. The fourth-order valence-corrected chi connectivity index (χ4v) is 7.73. The molecule has 226 valence electrons. The van der Waals surface area contributed by atoms with Crippen LogP contribution >= 0.6 is 0 Å². The van der Waals surface area contributed by atoms with Crippen molar-refractivity contribution in [2.75, 3.05) is 0 Å². The van der Waals surface area contributed by atoms with Gasteiger partial charge in [-0.25, -0.2) is 0 Å². The zero-order valence-electron chi connectivity index (χ0n) is 26.8. The van der Waals surface area contributed by atoms with Crippen LogP contribution in [-0.4, -0.2) is 10.3 Å². The van der Waals surface area contributed by atoms with Gasteiger partial charge in [-0.2, -0.15) is 0 Å². The summed E-state index contributed by atoms with van der Waals surface area (Å²) in [6.45, 7) is 7.34. The number of nitrogens with zero attached hydrogens (tertiary/aromatic N) is 2. The summed E-state index contributed by atoms with van der Waals surface area (Å²) in [5.41, 5.74) is 13.9. The van der Waals surface area contributed by atoms with Crippen LogP contribution in [-0.2, 0) is 12.1 Å². The lowest BCUT2D eigenvalue weighted by Crippen LogP contribution is -2.14. The third-order valence-electron chi connectivity index (χ3n) is 10.1. The molecule has 0 saturated heterocycles. The highest BCUT2D eigenvalue weighted by atomic mass is 16.3. The Hall–Kier alpha value is -5.67. The predicted molar refractivity (Wildman–Crippen MR) is 197 cm³/mol. The maximum Gasteiger partial charge on any atom is 0.136 e. The van der Waals surface area contributed by atoms with Crippen molar-refractivity contribution in [1.29, 1.82) is 0 Å². The van der Waals surface area contributed by atoms with Gasteiger partial charge in [0.05, 0.1) is 16.7 Å². The molecule has 8 aromatic rings. The van der Waals surface area contributed by atoms with E-state index < -0.39 is 0 Å². The number of aromatic nitrogens is 1. The van der Waals surface area contributed by atoms with Crippen LogP contribution in [0.3, 0.4) is 0 Å². The number of para-hydroxylation sites is 2. The van der Waals surface area contributed by atoms with Crippen LogP contribution in [0.5, 0.6) is 0 Å². The minimum Gasteiger partial charge on any atom is -0.456 e.